The van der Waals surface area contributed by atoms with E-state index in [1.807, 2.05) is 36.4 Å². The molecule has 0 amide bonds. The summed E-state index contributed by atoms with van der Waals surface area (Å²) in [5.41, 5.74) is 2.34. The molecule has 1 N–H and O–H groups in total. The molecule has 20 heavy (non-hydrogen) atoms. The molecule has 4 heteroatoms. The zero-order valence-corrected chi connectivity index (χ0v) is 13.8. The van der Waals surface area contributed by atoms with Crippen LogP contribution in [-0.4, -0.2) is 7.11 Å². The van der Waals surface area contributed by atoms with E-state index in [-0.39, 0.29) is 6.04 Å². The van der Waals surface area contributed by atoms with E-state index in [9.17, 15) is 0 Å². The average Bonchev–Trinajstić information content (AvgIpc) is 2.45. The van der Waals surface area contributed by atoms with Crippen LogP contribution in [-0.2, 0) is 6.54 Å². The van der Waals surface area contributed by atoms with Crippen molar-refractivity contribution in [3.05, 3.63) is 63.1 Å². The van der Waals surface area contributed by atoms with Crippen LogP contribution in [0.15, 0.2) is 46.9 Å². The van der Waals surface area contributed by atoms with Gasteiger partial charge in [-0.3, -0.25) is 0 Å². The molecule has 106 valence electrons. The smallest absolute Gasteiger partial charge is 0.123 e. The molecular weight excluding hydrogens is 338 g/mol. The lowest BCUT2D eigenvalue weighted by atomic mass is 10.1. The Morgan fingerprint density at radius 2 is 1.90 bits per heavy atom. The molecule has 0 aromatic heterocycles. The molecule has 2 aromatic carbocycles. The number of rotatable bonds is 5. The molecule has 2 nitrogen and oxygen atoms in total. The number of benzene rings is 2. The fourth-order valence-electron chi connectivity index (χ4n) is 2.02. The maximum atomic E-state index is 5.90. The third-order valence-corrected chi connectivity index (χ3v) is 3.96. The van der Waals surface area contributed by atoms with Gasteiger partial charge < -0.3 is 10.1 Å². The highest BCUT2D eigenvalue weighted by molar-refractivity contribution is 9.10. The van der Waals surface area contributed by atoms with Gasteiger partial charge in [0.15, 0.2) is 0 Å². The molecule has 0 aliphatic carbocycles. The normalized spacial score (nSPS) is 12.2. The summed E-state index contributed by atoms with van der Waals surface area (Å²) >= 11 is 9.39. The molecule has 0 radical (unpaired) electrons. The fraction of sp³-hybridized carbons (Fsp3) is 0.250. The van der Waals surface area contributed by atoms with Crippen LogP contribution < -0.4 is 10.1 Å². The van der Waals surface area contributed by atoms with Gasteiger partial charge in [-0.05, 0) is 42.8 Å². The van der Waals surface area contributed by atoms with E-state index in [2.05, 4.69) is 34.2 Å². The Morgan fingerprint density at radius 1 is 1.20 bits per heavy atom. The summed E-state index contributed by atoms with van der Waals surface area (Å²) in [5.74, 6) is 0.893. The van der Waals surface area contributed by atoms with Gasteiger partial charge in [-0.2, -0.15) is 0 Å². The van der Waals surface area contributed by atoms with Gasteiger partial charge in [0.05, 0.1) is 7.11 Å². The van der Waals surface area contributed by atoms with Crippen LogP contribution in [0, 0.1) is 0 Å². The van der Waals surface area contributed by atoms with Gasteiger partial charge in [0, 0.05) is 27.6 Å². The Morgan fingerprint density at radius 3 is 2.55 bits per heavy atom. The lowest BCUT2D eigenvalue weighted by Gasteiger charge is -2.16. The van der Waals surface area contributed by atoms with E-state index < -0.39 is 0 Å². The minimum absolute atomic E-state index is 0.246. The maximum Gasteiger partial charge on any atom is 0.123 e. The molecule has 0 aliphatic heterocycles. The Labute approximate surface area is 133 Å². The topological polar surface area (TPSA) is 21.3 Å². The first kappa shape index (κ1) is 15.4. The van der Waals surface area contributed by atoms with E-state index >= 15 is 0 Å². The Hall–Kier alpha value is -1.03. The Kier molecular flexibility index (Phi) is 5.46. The second-order valence-electron chi connectivity index (χ2n) is 4.61. The van der Waals surface area contributed by atoms with Gasteiger partial charge in [-0.25, -0.2) is 0 Å². The summed E-state index contributed by atoms with van der Waals surface area (Å²) in [6.07, 6.45) is 0. The first-order valence-corrected chi connectivity index (χ1v) is 7.58. The van der Waals surface area contributed by atoms with Crippen LogP contribution >= 0.6 is 27.5 Å². The third-order valence-electron chi connectivity index (χ3n) is 3.21. The summed E-state index contributed by atoms with van der Waals surface area (Å²) < 4.78 is 6.43. The van der Waals surface area contributed by atoms with Gasteiger partial charge in [0.25, 0.3) is 0 Å². The van der Waals surface area contributed by atoms with Crippen LogP contribution in [0.4, 0.5) is 0 Å². The second-order valence-corrected chi connectivity index (χ2v) is 5.96. The minimum atomic E-state index is 0.246. The van der Waals surface area contributed by atoms with Gasteiger partial charge in [-0.1, -0.05) is 39.7 Å². The molecule has 2 aromatic rings. The quantitative estimate of drug-likeness (QED) is 0.819. The lowest BCUT2D eigenvalue weighted by molar-refractivity contribution is 0.406. The molecule has 0 saturated carbocycles. The van der Waals surface area contributed by atoms with E-state index in [1.54, 1.807) is 7.11 Å². The van der Waals surface area contributed by atoms with Gasteiger partial charge >= 0.3 is 0 Å². The molecule has 0 saturated heterocycles. The highest BCUT2D eigenvalue weighted by Crippen LogP contribution is 2.24. The van der Waals surface area contributed by atoms with E-state index in [4.69, 9.17) is 16.3 Å². The van der Waals surface area contributed by atoms with Crippen molar-refractivity contribution in [2.45, 2.75) is 19.5 Å². The molecule has 2 rings (SSSR count). The van der Waals surface area contributed by atoms with Crippen molar-refractivity contribution < 1.29 is 4.74 Å². The standard InChI is InChI=1S/C16H17BrClNO/c1-11(12-3-6-15(18)7-4-12)19-10-13-9-14(17)5-8-16(13)20-2/h3-9,11,19H,10H2,1-2H3/t11-/m0/s1. The predicted molar refractivity (Wildman–Crippen MR) is 87.4 cm³/mol. The number of hydrogen-bond acceptors (Lipinski definition) is 2. The highest BCUT2D eigenvalue weighted by atomic mass is 79.9. The number of halogens is 2. The molecule has 0 spiro atoms. The zero-order chi connectivity index (χ0) is 14.5. The maximum absolute atomic E-state index is 5.90. The van der Waals surface area contributed by atoms with E-state index in [0.717, 1.165) is 27.4 Å². The molecule has 0 fully saturated rings. The van der Waals surface area contributed by atoms with E-state index in [1.165, 1.54) is 5.56 Å². The molecular formula is C16H17BrClNO. The number of methoxy groups -OCH3 is 1. The summed E-state index contributed by atoms with van der Waals surface area (Å²) in [6.45, 7) is 2.88. The van der Waals surface area contributed by atoms with Crippen molar-refractivity contribution in [2.75, 3.05) is 7.11 Å². The van der Waals surface area contributed by atoms with Crippen LogP contribution in [0.2, 0.25) is 5.02 Å². The van der Waals surface area contributed by atoms with Crippen molar-refractivity contribution in [1.29, 1.82) is 0 Å². The SMILES string of the molecule is COc1ccc(Br)cc1CN[C@@H](C)c1ccc(Cl)cc1. The second kappa shape index (κ2) is 7.11. The summed E-state index contributed by atoms with van der Waals surface area (Å²) in [6, 6.07) is 14.2. The molecule has 0 heterocycles. The molecule has 0 unspecified atom stereocenters. The minimum Gasteiger partial charge on any atom is -0.496 e. The van der Waals surface area contributed by atoms with Crippen molar-refractivity contribution >= 4 is 27.5 Å². The first-order valence-electron chi connectivity index (χ1n) is 6.41. The van der Waals surface area contributed by atoms with Gasteiger partial charge in [0.1, 0.15) is 5.75 Å². The van der Waals surface area contributed by atoms with Gasteiger partial charge in [-0.15, -0.1) is 0 Å². The van der Waals surface area contributed by atoms with Crippen LogP contribution in [0.1, 0.15) is 24.1 Å². The van der Waals surface area contributed by atoms with Crippen molar-refractivity contribution in [3.8, 4) is 5.75 Å². The molecule has 1 atom stereocenters. The van der Waals surface area contributed by atoms with Crippen molar-refractivity contribution in [1.82, 2.24) is 5.32 Å². The van der Waals surface area contributed by atoms with E-state index in [0.29, 0.717) is 0 Å². The number of ether oxygens (including phenoxy) is 1. The molecule has 0 bridgehead atoms. The van der Waals surface area contributed by atoms with Crippen molar-refractivity contribution in [2.24, 2.45) is 0 Å². The Balaban J connectivity index is 2.04. The van der Waals surface area contributed by atoms with Crippen LogP contribution in [0.5, 0.6) is 5.75 Å². The van der Waals surface area contributed by atoms with Crippen molar-refractivity contribution in [3.63, 3.8) is 0 Å². The number of nitrogens with one attached hydrogen (secondary N) is 1. The fourth-order valence-corrected chi connectivity index (χ4v) is 2.55. The highest BCUT2D eigenvalue weighted by Gasteiger charge is 2.08. The number of hydrogen-bond donors (Lipinski definition) is 1. The van der Waals surface area contributed by atoms with Crippen LogP contribution in [0.25, 0.3) is 0 Å². The zero-order valence-electron chi connectivity index (χ0n) is 11.5. The summed E-state index contributed by atoms with van der Waals surface area (Å²) in [7, 11) is 1.69. The van der Waals surface area contributed by atoms with Crippen LogP contribution in [0.3, 0.4) is 0 Å². The predicted octanol–water partition coefficient (Wildman–Crippen LogP) is 4.96. The largest absolute Gasteiger partial charge is 0.496 e. The monoisotopic (exact) mass is 353 g/mol. The first-order chi connectivity index (χ1) is 9.60. The third kappa shape index (κ3) is 3.98. The summed E-state index contributed by atoms with van der Waals surface area (Å²) in [5, 5.41) is 4.25. The lowest BCUT2D eigenvalue weighted by Crippen LogP contribution is -2.18. The van der Waals surface area contributed by atoms with Gasteiger partial charge in [0.2, 0.25) is 0 Å². The Bertz CT molecular complexity index is 571. The molecule has 0 aliphatic rings. The summed E-state index contributed by atoms with van der Waals surface area (Å²) in [4.78, 5) is 0. The average molecular weight is 355 g/mol.